The molecule has 2 aromatic heterocycles. The van der Waals surface area contributed by atoms with E-state index in [4.69, 9.17) is 21.4 Å². The molecule has 0 aliphatic carbocycles. The summed E-state index contributed by atoms with van der Waals surface area (Å²) in [6.07, 6.45) is 5.91. The number of sulfonamides is 2. The molecular weight excluding hydrogens is 772 g/mol. The fourth-order valence-corrected chi connectivity index (χ4v) is 6.89. The molecule has 12 nitrogen and oxygen atoms in total. The van der Waals surface area contributed by atoms with E-state index in [0.29, 0.717) is 23.1 Å². The maximum absolute atomic E-state index is 12.7. The van der Waals surface area contributed by atoms with E-state index in [1.807, 2.05) is 123 Å². The van der Waals surface area contributed by atoms with Crippen molar-refractivity contribution in [1.82, 2.24) is 19.9 Å². The van der Waals surface area contributed by atoms with Crippen LogP contribution >= 0.6 is 11.6 Å². The molecule has 0 atom stereocenters. The van der Waals surface area contributed by atoms with Gasteiger partial charge in [0.2, 0.25) is 5.88 Å². The number of aliphatic hydroxyl groups is 1. The molecule has 2 heterocycles. The third-order valence-corrected chi connectivity index (χ3v) is 10.0. The number of halogens is 1. The first kappa shape index (κ1) is 41.2. The molecule has 6 aromatic rings. The van der Waals surface area contributed by atoms with Crippen LogP contribution in [0.5, 0.6) is 5.88 Å². The second kappa shape index (κ2) is 19.6. The predicted octanol–water partition coefficient (Wildman–Crippen LogP) is 8.14. The molecule has 3 N–H and O–H groups in total. The van der Waals surface area contributed by atoms with Gasteiger partial charge < -0.3 is 9.84 Å². The van der Waals surface area contributed by atoms with Gasteiger partial charge in [0.15, 0.2) is 11.6 Å². The zero-order valence-corrected chi connectivity index (χ0v) is 32.8. The first-order valence-corrected chi connectivity index (χ1v) is 20.7. The van der Waals surface area contributed by atoms with Crippen LogP contribution in [0.2, 0.25) is 5.15 Å². The van der Waals surface area contributed by atoms with Crippen molar-refractivity contribution in [3.05, 3.63) is 160 Å². The van der Waals surface area contributed by atoms with E-state index in [1.54, 1.807) is 0 Å². The molecule has 4 aromatic carbocycles. The largest absolute Gasteiger partial charge is 0.477 e. The predicted molar refractivity (Wildman–Crippen MR) is 223 cm³/mol. The quantitative estimate of drug-likeness (QED) is 0.0720. The molecule has 0 bridgehead atoms. The number of aromatic nitrogens is 4. The van der Waals surface area contributed by atoms with Crippen molar-refractivity contribution in [2.24, 2.45) is 0 Å². The van der Waals surface area contributed by atoms with Gasteiger partial charge in [0.05, 0.1) is 28.5 Å². The summed E-state index contributed by atoms with van der Waals surface area (Å²) >= 11 is 6.20. The molecule has 288 valence electrons. The standard InChI is InChI=1S/C22H23N3O4S.C19H16ClN3O2S/c1-17-8-10-19(11-9-17)20-21(23-16-24-22(20)29-14-5-13-26)25-30(27,28)15-12-18-6-3-2-4-7-18;1-14-7-9-16(10-8-14)17-18(20)21-13-22-19(17)23-26(24,25)12-11-15-5-3-2-4-6-15/h2-4,6-12,15-16,26H,5,13-14H2,1H3,(H,23,24,25);2-13H,1H3,(H,21,22,23)/b15-12+;12-11+. The van der Waals surface area contributed by atoms with Gasteiger partial charge in [0.25, 0.3) is 20.0 Å². The highest BCUT2D eigenvalue weighted by Gasteiger charge is 2.19. The summed E-state index contributed by atoms with van der Waals surface area (Å²) in [5, 5.41) is 11.4. The zero-order valence-electron chi connectivity index (χ0n) is 30.4. The van der Waals surface area contributed by atoms with E-state index in [9.17, 15) is 16.8 Å². The van der Waals surface area contributed by atoms with Gasteiger partial charge in [-0.25, -0.2) is 36.8 Å². The Morgan fingerprint density at radius 3 is 1.55 bits per heavy atom. The number of hydrogen-bond donors (Lipinski definition) is 3. The normalized spacial score (nSPS) is 11.6. The number of aliphatic hydroxyl groups excluding tert-OH is 1. The van der Waals surface area contributed by atoms with Crippen LogP contribution in [-0.4, -0.2) is 55.1 Å². The summed E-state index contributed by atoms with van der Waals surface area (Å²) in [7, 11) is -7.60. The van der Waals surface area contributed by atoms with Crippen molar-refractivity contribution in [1.29, 1.82) is 0 Å². The molecule has 56 heavy (non-hydrogen) atoms. The van der Waals surface area contributed by atoms with E-state index in [2.05, 4.69) is 29.4 Å². The lowest BCUT2D eigenvalue weighted by Crippen LogP contribution is -2.13. The van der Waals surface area contributed by atoms with Crippen LogP contribution in [-0.2, 0) is 20.0 Å². The molecule has 15 heteroatoms. The van der Waals surface area contributed by atoms with Crippen molar-refractivity contribution < 1.29 is 26.7 Å². The lowest BCUT2D eigenvalue weighted by molar-refractivity contribution is 0.229. The monoisotopic (exact) mass is 810 g/mol. The molecule has 0 amide bonds. The van der Waals surface area contributed by atoms with Crippen molar-refractivity contribution in [3.63, 3.8) is 0 Å². The Kier molecular flexibility index (Phi) is 14.4. The minimum Gasteiger partial charge on any atom is -0.477 e. The number of hydrogen-bond acceptors (Lipinski definition) is 10. The molecule has 0 spiro atoms. The zero-order chi connectivity index (χ0) is 40.0. The van der Waals surface area contributed by atoms with Crippen LogP contribution in [0.15, 0.2) is 133 Å². The highest BCUT2D eigenvalue weighted by molar-refractivity contribution is 7.96. The molecule has 0 saturated heterocycles. The Bertz CT molecular complexity index is 2490. The third kappa shape index (κ3) is 12.3. The summed E-state index contributed by atoms with van der Waals surface area (Å²) < 4.78 is 60.8. The fourth-order valence-electron chi connectivity index (χ4n) is 4.99. The van der Waals surface area contributed by atoms with Gasteiger partial charge in [0, 0.05) is 13.0 Å². The Morgan fingerprint density at radius 1 is 0.625 bits per heavy atom. The second-order valence-electron chi connectivity index (χ2n) is 12.2. The molecular formula is C41H39ClN6O6S2. The Morgan fingerprint density at radius 2 is 1.07 bits per heavy atom. The summed E-state index contributed by atoms with van der Waals surface area (Å²) in [6, 6.07) is 33.3. The highest BCUT2D eigenvalue weighted by Crippen LogP contribution is 2.35. The third-order valence-electron chi connectivity index (χ3n) is 7.79. The van der Waals surface area contributed by atoms with Gasteiger partial charge >= 0.3 is 0 Å². The Hall–Kier alpha value is -5.93. The van der Waals surface area contributed by atoms with Gasteiger partial charge in [-0.1, -0.05) is 132 Å². The number of benzene rings is 4. The molecule has 0 aliphatic heterocycles. The lowest BCUT2D eigenvalue weighted by Gasteiger charge is -2.14. The van der Waals surface area contributed by atoms with Crippen LogP contribution in [0, 0.1) is 13.8 Å². The first-order valence-electron chi connectivity index (χ1n) is 17.2. The van der Waals surface area contributed by atoms with Crippen LogP contribution in [0.25, 0.3) is 34.4 Å². The highest BCUT2D eigenvalue weighted by atomic mass is 35.5. The van der Waals surface area contributed by atoms with Gasteiger partial charge in [-0.05, 0) is 48.3 Å². The van der Waals surface area contributed by atoms with E-state index in [1.165, 1.54) is 24.8 Å². The van der Waals surface area contributed by atoms with Crippen molar-refractivity contribution >= 4 is 55.4 Å². The topological polar surface area (TPSA) is 173 Å². The number of anilines is 2. The van der Waals surface area contributed by atoms with Crippen LogP contribution in [0.4, 0.5) is 11.6 Å². The maximum atomic E-state index is 12.7. The average Bonchev–Trinajstić information content (AvgIpc) is 3.19. The summed E-state index contributed by atoms with van der Waals surface area (Å²) in [5.41, 5.74) is 5.99. The Labute approximate surface area is 331 Å². The van der Waals surface area contributed by atoms with Gasteiger partial charge in [-0.15, -0.1) is 0 Å². The molecule has 0 fully saturated rings. The number of aryl methyl sites for hydroxylation is 2. The van der Waals surface area contributed by atoms with Crippen molar-refractivity contribution in [3.8, 4) is 28.1 Å². The van der Waals surface area contributed by atoms with Gasteiger partial charge in [-0.2, -0.15) is 0 Å². The summed E-state index contributed by atoms with van der Waals surface area (Å²) in [4.78, 5) is 16.3. The lowest BCUT2D eigenvalue weighted by atomic mass is 10.1. The van der Waals surface area contributed by atoms with Crippen molar-refractivity contribution in [2.75, 3.05) is 22.7 Å². The van der Waals surface area contributed by atoms with Gasteiger partial charge in [-0.3, -0.25) is 9.44 Å². The van der Waals surface area contributed by atoms with Gasteiger partial charge in [0.1, 0.15) is 17.8 Å². The smallest absolute Gasteiger partial charge is 0.256 e. The minimum absolute atomic E-state index is 0.0191. The SMILES string of the molecule is Cc1ccc(-c2c(Cl)ncnc2NS(=O)(=O)/C=C/c2ccccc2)cc1.Cc1ccc(-c2c(NS(=O)(=O)/C=C/c3ccccc3)ncnc2OCCCO)cc1. The Balaban J connectivity index is 0.000000216. The number of rotatable bonds is 14. The molecule has 0 radical (unpaired) electrons. The van der Waals surface area contributed by atoms with E-state index in [0.717, 1.165) is 38.6 Å². The maximum Gasteiger partial charge on any atom is 0.256 e. The van der Waals surface area contributed by atoms with E-state index in [-0.39, 0.29) is 35.9 Å². The second-order valence-corrected chi connectivity index (χ2v) is 15.7. The van der Waals surface area contributed by atoms with Crippen LogP contribution in [0.3, 0.4) is 0 Å². The summed E-state index contributed by atoms with van der Waals surface area (Å²) in [5.74, 6) is 0.490. The minimum atomic E-state index is -3.83. The number of nitrogens with one attached hydrogen (secondary N) is 2. The van der Waals surface area contributed by atoms with Crippen molar-refractivity contribution in [2.45, 2.75) is 20.3 Å². The van der Waals surface area contributed by atoms with E-state index < -0.39 is 20.0 Å². The molecule has 6 rings (SSSR count). The molecule has 0 aliphatic rings. The van der Waals surface area contributed by atoms with Crippen LogP contribution < -0.4 is 14.2 Å². The fraction of sp³-hybridized carbons (Fsp3) is 0.122. The number of ether oxygens (including phenoxy) is 1. The van der Waals surface area contributed by atoms with Crippen LogP contribution in [0.1, 0.15) is 28.7 Å². The van der Waals surface area contributed by atoms with E-state index >= 15 is 0 Å². The first-order chi connectivity index (χ1) is 26.9. The molecule has 0 saturated carbocycles. The average molecular weight is 811 g/mol. The summed E-state index contributed by atoms with van der Waals surface area (Å²) in [6.45, 7) is 4.15. The molecule has 0 unspecified atom stereocenters. The number of nitrogens with zero attached hydrogens (tertiary/aromatic N) is 4.